The largest absolute Gasteiger partial charge is 0.362 e. The summed E-state index contributed by atoms with van der Waals surface area (Å²) in [5.41, 5.74) is 3.68. The topological polar surface area (TPSA) is 44.4 Å². The highest BCUT2D eigenvalue weighted by atomic mass is 16.2. The summed E-state index contributed by atoms with van der Waals surface area (Å²) >= 11 is 0. The van der Waals surface area contributed by atoms with Gasteiger partial charge < -0.3 is 15.5 Å². The van der Waals surface area contributed by atoms with Crippen LogP contribution in [0.3, 0.4) is 0 Å². The molecule has 0 radical (unpaired) electrons. The number of carbonyl (C=O) groups is 1. The normalized spacial score (nSPS) is 10.4. The zero-order valence-electron chi connectivity index (χ0n) is 13.1. The number of amides is 1. The predicted molar refractivity (Wildman–Crippen MR) is 85.1 cm³/mol. The molecule has 20 heavy (non-hydrogen) atoms. The van der Waals surface area contributed by atoms with Crippen LogP contribution in [-0.4, -0.2) is 32.1 Å². The molecule has 0 aliphatic carbocycles. The van der Waals surface area contributed by atoms with Crippen molar-refractivity contribution in [2.45, 2.75) is 34.2 Å². The van der Waals surface area contributed by atoms with Crippen LogP contribution < -0.4 is 15.5 Å². The van der Waals surface area contributed by atoms with Crippen LogP contribution in [-0.2, 0) is 11.3 Å². The summed E-state index contributed by atoms with van der Waals surface area (Å²) in [7, 11) is 0. The molecule has 0 saturated heterocycles. The Labute approximate surface area is 122 Å². The van der Waals surface area contributed by atoms with Gasteiger partial charge in [-0.15, -0.1) is 0 Å². The summed E-state index contributed by atoms with van der Waals surface area (Å²) in [6.07, 6.45) is 0. The van der Waals surface area contributed by atoms with E-state index in [1.807, 2.05) is 6.92 Å². The number of anilines is 1. The quantitative estimate of drug-likeness (QED) is 0.764. The molecule has 0 saturated carbocycles. The Morgan fingerprint density at radius 2 is 1.95 bits per heavy atom. The van der Waals surface area contributed by atoms with Crippen molar-refractivity contribution in [3.05, 3.63) is 29.3 Å². The molecule has 1 aromatic rings. The Balaban J connectivity index is 2.78. The second-order valence-electron chi connectivity index (χ2n) is 4.86. The average Bonchev–Trinajstić information content (AvgIpc) is 2.43. The Hall–Kier alpha value is -1.55. The van der Waals surface area contributed by atoms with Crippen molar-refractivity contribution in [3.63, 3.8) is 0 Å². The highest BCUT2D eigenvalue weighted by molar-refractivity contribution is 5.81. The highest BCUT2D eigenvalue weighted by Gasteiger charge is 2.10. The van der Waals surface area contributed by atoms with E-state index in [0.717, 1.165) is 25.3 Å². The minimum Gasteiger partial charge on any atom is -0.362 e. The van der Waals surface area contributed by atoms with E-state index < -0.39 is 0 Å². The van der Waals surface area contributed by atoms with Gasteiger partial charge in [-0.05, 0) is 50.6 Å². The molecular weight excluding hydrogens is 250 g/mol. The summed E-state index contributed by atoms with van der Waals surface area (Å²) in [5.74, 6) is 0.0729. The third kappa shape index (κ3) is 4.85. The summed E-state index contributed by atoms with van der Waals surface area (Å²) in [5, 5.41) is 6.18. The van der Waals surface area contributed by atoms with Crippen LogP contribution in [0, 0.1) is 6.92 Å². The lowest BCUT2D eigenvalue weighted by atomic mass is 10.1. The minimum atomic E-state index is 0.0729. The Kier molecular flexibility index (Phi) is 7.09. The maximum Gasteiger partial charge on any atom is 0.239 e. The van der Waals surface area contributed by atoms with Crippen LogP contribution in [0.5, 0.6) is 0 Å². The van der Waals surface area contributed by atoms with Gasteiger partial charge in [0.15, 0.2) is 0 Å². The fourth-order valence-corrected chi connectivity index (χ4v) is 2.15. The van der Waals surface area contributed by atoms with Crippen LogP contribution in [0.2, 0.25) is 0 Å². The molecule has 0 aliphatic rings. The van der Waals surface area contributed by atoms with Gasteiger partial charge in [-0.25, -0.2) is 0 Å². The van der Waals surface area contributed by atoms with Crippen molar-refractivity contribution in [1.29, 1.82) is 0 Å². The summed E-state index contributed by atoms with van der Waals surface area (Å²) in [6.45, 7) is 12.0. The van der Waals surface area contributed by atoms with Gasteiger partial charge in [-0.2, -0.15) is 0 Å². The molecule has 1 aromatic carbocycles. The van der Waals surface area contributed by atoms with Gasteiger partial charge in [0.2, 0.25) is 5.91 Å². The number of rotatable bonds is 8. The number of nitrogens with one attached hydrogen (secondary N) is 2. The first-order chi connectivity index (χ1) is 9.62. The molecule has 0 atom stereocenters. The summed E-state index contributed by atoms with van der Waals surface area (Å²) in [4.78, 5) is 13.8. The van der Waals surface area contributed by atoms with Crippen LogP contribution >= 0.6 is 0 Å². The number of nitrogens with zero attached hydrogens (tertiary/aromatic N) is 1. The fraction of sp³-hybridized carbons (Fsp3) is 0.562. The van der Waals surface area contributed by atoms with E-state index >= 15 is 0 Å². The first kappa shape index (κ1) is 16.5. The highest BCUT2D eigenvalue weighted by Crippen LogP contribution is 2.19. The number of benzene rings is 1. The van der Waals surface area contributed by atoms with Crippen molar-refractivity contribution < 1.29 is 4.79 Å². The second-order valence-corrected chi connectivity index (χ2v) is 4.86. The predicted octanol–water partition coefficient (Wildman–Crippen LogP) is 2.07. The molecule has 1 rings (SSSR count). The van der Waals surface area contributed by atoms with Gasteiger partial charge >= 0.3 is 0 Å². The third-order valence-corrected chi connectivity index (χ3v) is 3.35. The van der Waals surface area contributed by atoms with Crippen LogP contribution in [0.15, 0.2) is 18.2 Å². The molecule has 0 unspecified atom stereocenters. The molecular formula is C16H27N3O. The first-order valence-corrected chi connectivity index (χ1v) is 7.44. The van der Waals surface area contributed by atoms with Crippen molar-refractivity contribution in [2.24, 2.45) is 0 Å². The van der Waals surface area contributed by atoms with Gasteiger partial charge in [0.05, 0.1) is 6.54 Å². The van der Waals surface area contributed by atoms with E-state index in [4.69, 9.17) is 0 Å². The number of carbonyl (C=O) groups excluding carboxylic acids is 1. The zero-order valence-corrected chi connectivity index (χ0v) is 13.1. The van der Waals surface area contributed by atoms with Gasteiger partial charge in [0.1, 0.15) is 0 Å². The van der Waals surface area contributed by atoms with E-state index in [9.17, 15) is 4.79 Å². The van der Waals surface area contributed by atoms with Gasteiger partial charge in [-0.1, -0.05) is 13.0 Å². The second kappa shape index (κ2) is 8.59. The van der Waals surface area contributed by atoms with Gasteiger partial charge in [-0.3, -0.25) is 4.79 Å². The summed E-state index contributed by atoms with van der Waals surface area (Å²) in [6, 6.07) is 6.41. The Bertz CT molecular complexity index is 432. The molecule has 0 aliphatic heterocycles. The molecule has 0 aromatic heterocycles. The maximum atomic E-state index is 11.7. The standard InChI is InChI=1S/C16H27N3O/c1-5-17-11-14-8-9-15(10-13(14)4)19(7-3)12-16(20)18-6-2/h8-10,17H,5-7,11-12H2,1-4H3,(H,18,20). The van der Waals surface area contributed by atoms with E-state index in [1.165, 1.54) is 11.1 Å². The molecule has 4 heteroatoms. The molecule has 0 bridgehead atoms. The Morgan fingerprint density at radius 3 is 2.50 bits per heavy atom. The minimum absolute atomic E-state index is 0.0729. The van der Waals surface area contributed by atoms with Crippen molar-refractivity contribution in [3.8, 4) is 0 Å². The molecule has 0 spiro atoms. The third-order valence-electron chi connectivity index (χ3n) is 3.35. The van der Waals surface area contributed by atoms with Gasteiger partial charge in [0.25, 0.3) is 0 Å². The van der Waals surface area contributed by atoms with Gasteiger partial charge in [0, 0.05) is 25.3 Å². The lowest BCUT2D eigenvalue weighted by Crippen LogP contribution is -2.37. The lowest BCUT2D eigenvalue weighted by molar-refractivity contribution is -0.119. The SMILES string of the molecule is CCNCc1ccc(N(CC)CC(=O)NCC)cc1C. The van der Waals surface area contributed by atoms with E-state index in [2.05, 4.69) is 54.5 Å². The zero-order chi connectivity index (χ0) is 15.0. The van der Waals surface area contributed by atoms with Crippen LogP contribution in [0.25, 0.3) is 0 Å². The van der Waals surface area contributed by atoms with E-state index in [1.54, 1.807) is 0 Å². The molecule has 2 N–H and O–H groups in total. The first-order valence-electron chi connectivity index (χ1n) is 7.44. The van der Waals surface area contributed by atoms with Crippen LogP contribution in [0.4, 0.5) is 5.69 Å². The monoisotopic (exact) mass is 277 g/mol. The maximum absolute atomic E-state index is 11.7. The van der Waals surface area contributed by atoms with E-state index in [0.29, 0.717) is 13.1 Å². The molecule has 1 amide bonds. The van der Waals surface area contributed by atoms with E-state index in [-0.39, 0.29) is 5.91 Å². The molecule has 112 valence electrons. The van der Waals surface area contributed by atoms with Crippen LogP contribution in [0.1, 0.15) is 31.9 Å². The number of hydrogen-bond acceptors (Lipinski definition) is 3. The van der Waals surface area contributed by atoms with Crippen molar-refractivity contribution in [2.75, 3.05) is 31.1 Å². The molecule has 4 nitrogen and oxygen atoms in total. The Morgan fingerprint density at radius 1 is 1.20 bits per heavy atom. The number of aryl methyl sites for hydroxylation is 1. The average molecular weight is 277 g/mol. The molecule has 0 fully saturated rings. The van der Waals surface area contributed by atoms with Crippen molar-refractivity contribution >= 4 is 11.6 Å². The summed E-state index contributed by atoms with van der Waals surface area (Å²) < 4.78 is 0. The smallest absolute Gasteiger partial charge is 0.239 e. The lowest BCUT2D eigenvalue weighted by Gasteiger charge is -2.23. The molecule has 0 heterocycles. The van der Waals surface area contributed by atoms with Crippen molar-refractivity contribution in [1.82, 2.24) is 10.6 Å². The number of hydrogen-bond donors (Lipinski definition) is 2. The number of likely N-dealkylation sites (N-methyl/N-ethyl adjacent to an activating group) is 2. The fourth-order valence-electron chi connectivity index (χ4n) is 2.15.